The number of amides is 2. The van der Waals surface area contributed by atoms with Crippen molar-refractivity contribution in [3.8, 4) is 5.75 Å². The maximum absolute atomic E-state index is 13.8. The zero-order valence-corrected chi connectivity index (χ0v) is 27.0. The minimum Gasteiger partial charge on any atom is -0.482 e. The van der Waals surface area contributed by atoms with Gasteiger partial charge < -0.3 is 25.2 Å². The van der Waals surface area contributed by atoms with Crippen LogP contribution in [0.2, 0.25) is 0 Å². The quantitative estimate of drug-likeness (QED) is 0.129. The molecule has 2 aromatic rings. The van der Waals surface area contributed by atoms with Gasteiger partial charge in [-0.3, -0.25) is 9.59 Å². The molecule has 0 radical (unpaired) electrons. The Balaban J connectivity index is 1.77. The monoisotopic (exact) mass is 690 g/mol. The third kappa shape index (κ3) is 11.0. The molecule has 3 atom stereocenters. The molecule has 8 heteroatoms. The van der Waals surface area contributed by atoms with Crippen LogP contribution in [0, 0.1) is 3.57 Å². The lowest BCUT2D eigenvalue weighted by Crippen LogP contribution is -2.54. The van der Waals surface area contributed by atoms with Crippen molar-refractivity contribution >= 4 is 34.4 Å². The van der Waals surface area contributed by atoms with E-state index < -0.39 is 18.2 Å². The van der Waals surface area contributed by atoms with Crippen LogP contribution in [0.1, 0.15) is 83.1 Å². The summed E-state index contributed by atoms with van der Waals surface area (Å²) in [5, 5.41) is 23.6. The fourth-order valence-electron chi connectivity index (χ4n) is 5.37. The van der Waals surface area contributed by atoms with Gasteiger partial charge in [0.1, 0.15) is 18.0 Å². The van der Waals surface area contributed by atoms with Crippen LogP contribution in [0.15, 0.2) is 66.2 Å². The summed E-state index contributed by atoms with van der Waals surface area (Å²) in [6, 6.07) is 16.6. The fraction of sp³-hybridized carbons (Fsp3) is 0.529. The largest absolute Gasteiger partial charge is 0.482 e. The van der Waals surface area contributed by atoms with Gasteiger partial charge in [0, 0.05) is 31.5 Å². The van der Waals surface area contributed by atoms with Crippen molar-refractivity contribution in [2.24, 2.45) is 0 Å². The zero-order valence-electron chi connectivity index (χ0n) is 24.8. The molecular formula is C34H47IN2O5. The number of unbranched alkanes of at least 4 members (excludes halogenated alkanes) is 8. The number of hydrogen-bond acceptors (Lipinski definition) is 5. The summed E-state index contributed by atoms with van der Waals surface area (Å²) in [4.78, 5) is 28.6. The van der Waals surface area contributed by atoms with Crippen LogP contribution >= 0.6 is 22.6 Å². The molecule has 7 nitrogen and oxygen atoms in total. The Kier molecular flexibility index (Phi) is 15.4. The van der Waals surface area contributed by atoms with Gasteiger partial charge in [0.15, 0.2) is 0 Å². The van der Waals surface area contributed by atoms with Gasteiger partial charge in [-0.15, -0.1) is 0 Å². The standard InChI is InChI=1S/C34H47IN2O5/c1-2-3-4-5-6-7-8-9-13-20-32(39)37(25-26-16-11-10-12-17-26)29-23-27(34(41)36-21-22-38)24-31(33(29)40)42-30-19-15-14-18-28(30)35/h10-12,14-19,24,29,31,33,38,40H,2-9,13,20-23,25H2,1H3,(H,36,41). The molecule has 0 saturated carbocycles. The number of rotatable bonds is 18. The molecule has 42 heavy (non-hydrogen) atoms. The number of para-hydroxylation sites is 1. The Morgan fingerprint density at radius 3 is 2.26 bits per heavy atom. The molecule has 0 fully saturated rings. The first-order valence-electron chi connectivity index (χ1n) is 15.5. The number of ether oxygens (including phenoxy) is 1. The molecule has 3 N–H and O–H groups in total. The van der Waals surface area contributed by atoms with Gasteiger partial charge in [0.05, 0.1) is 16.2 Å². The molecule has 0 aromatic heterocycles. The maximum Gasteiger partial charge on any atom is 0.247 e. The first-order chi connectivity index (χ1) is 20.4. The average molecular weight is 691 g/mol. The van der Waals surface area contributed by atoms with Gasteiger partial charge >= 0.3 is 0 Å². The second kappa shape index (κ2) is 19.0. The SMILES string of the molecule is CCCCCCCCCCCC(=O)N(Cc1ccccc1)C1CC(C(=O)NCCO)=CC(Oc2ccccc2I)C1O. The van der Waals surface area contributed by atoms with Crippen LogP contribution < -0.4 is 10.1 Å². The summed E-state index contributed by atoms with van der Waals surface area (Å²) < 4.78 is 7.13. The van der Waals surface area contributed by atoms with Crippen LogP contribution in [0.25, 0.3) is 0 Å². The summed E-state index contributed by atoms with van der Waals surface area (Å²) in [6.45, 7) is 2.51. The molecular weight excluding hydrogens is 643 g/mol. The molecule has 3 unspecified atom stereocenters. The number of hydrogen-bond donors (Lipinski definition) is 3. The van der Waals surface area contributed by atoms with E-state index in [9.17, 15) is 19.8 Å². The first-order valence-corrected chi connectivity index (χ1v) is 16.5. The Hall–Kier alpha value is -2.43. The third-order valence-electron chi connectivity index (χ3n) is 7.72. The second-order valence-corrected chi connectivity index (χ2v) is 12.2. The first kappa shape index (κ1) is 34.1. The van der Waals surface area contributed by atoms with E-state index in [2.05, 4.69) is 34.8 Å². The molecule has 0 saturated heterocycles. The van der Waals surface area contributed by atoms with Gasteiger partial charge in [0.25, 0.3) is 0 Å². The number of benzene rings is 2. The highest BCUT2D eigenvalue weighted by atomic mass is 127. The number of halogens is 1. The normalized spacial score (nSPS) is 18.3. The molecule has 0 bridgehead atoms. The molecule has 0 spiro atoms. The van der Waals surface area contributed by atoms with E-state index in [1.165, 1.54) is 38.5 Å². The predicted octanol–water partition coefficient (Wildman–Crippen LogP) is 6.16. The van der Waals surface area contributed by atoms with Crippen molar-refractivity contribution in [2.75, 3.05) is 13.2 Å². The lowest BCUT2D eigenvalue weighted by molar-refractivity contribution is -0.139. The number of carbonyl (C=O) groups excluding carboxylic acids is 2. The summed E-state index contributed by atoms with van der Waals surface area (Å²) in [6.07, 6.45) is 10.9. The van der Waals surface area contributed by atoms with Crippen LogP contribution in [0.5, 0.6) is 5.75 Å². The maximum atomic E-state index is 13.8. The van der Waals surface area contributed by atoms with Crippen molar-refractivity contribution < 1.29 is 24.5 Å². The summed E-state index contributed by atoms with van der Waals surface area (Å²) in [5.74, 6) is 0.240. The highest BCUT2D eigenvalue weighted by molar-refractivity contribution is 14.1. The minimum atomic E-state index is -1.04. The van der Waals surface area contributed by atoms with Crippen molar-refractivity contribution in [3.63, 3.8) is 0 Å². The number of carbonyl (C=O) groups is 2. The number of nitrogens with zero attached hydrogens (tertiary/aromatic N) is 1. The van der Waals surface area contributed by atoms with Gasteiger partial charge in [-0.2, -0.15) is 0 Å². The van der Waals surface area contributed by atoms with E-state index in [0.717, 1.165) is 28.4 Å². The summed E-state index contributed by atoms with van der Waals surface area (Å²) in [5.41, 5.74) is 1.39. The lowest BCUT2D eigenvalue weighted by Gasteiger charge is -2.40. The van der Waals surface area contributed by atoms with E-state index in [1.807, 2.05) is 54.6 Å². The zero-order chi connectivity index (χ0) is 30.2. The number of aliphatic hydroxyl groups excluding tert-OH is 2. The van der Waals surface area contributed by atoms with E-state index in [0.29, 0.717) is 24.3 Å². The molecule has 1 aliphatic carbocycles. The van der Waals surface area contributed by atoms with E-state index in [-0.39, 0.29) is 31.4 Å². The van der Waals surface area contributed by atoms with E-state index >= 15 is 0 Å². The van der Waals surface area contributed by atoms with Gasteiger partial charge in [-0.05, 0) is 52.8 Å². The topological polar surface area (TPSA) is 99.1 Å². The Bertz CT molecular complexity index is 1130. The third-order valence-corrected chi connectivity index (χ3v) is 8.62. The van der Waals surface area contributed by atoms with Crippen LogP contribution in [0.3, 0.4) is 0 Å². The van der Waals surface area contributed by atoms with Gasteiger partial charge in [-0.25, -0.2) is 0 Å². The number of nitrogens with one attached hydrogen (secondary N) is 1. The summed E-state index contributed by atoms with van der Waals surface area (Å²) >= 11 is 2.18. The second-order valence-electron chi connectivity index (χ2n) is 11.0. The smallest absolute Gasteiger partial charge is 0.247 e. The highest BCUT2D eigenvalue weighted by Gasteiger charge is 2.40. The Morgan fingerprint density at radius 2 is 1.60 bits per heavy atom. The molecule has 1 aliphatic rings. The number of aliphatic hydroxyl groups is 2. The lowest BCUT2D eigenvalue weighted by atomic mass is 9.87. The molecule has 0 aliphatic heterocycles. The van der Waals surface area contributed by atoms with E-state index in [4.69, 9.17) is 4.74 Å². The van der Waals surface area contributed by atoms with Gasteiger partial charge in [-0.1, -0.05) is 101 Å². The van der Waals surface area contributed by atoms with Crippen molar-refractivity contribution in [2.45, 2.75) is 102 Å². The van der Waals surface area contributed by atoms with Gasteiger partial charge in [0.2, 0.25) is 11.8 Å². The molecule has 0 heterocycles. The fourth-order valence-corrected chi connectivity index (χ4v) is 5.88. The molecule has 230 valence electrons. The Morgan fingerprint density at radius 1 is 0.952 bits per heavy atom. The van der Waals surface area contributed by atoms with Crippen molar-refractivity contribution in [1.82, 2.24) is 10.2 Å². The van der Waals surface area contributed by atoms with Crippen molar-refractivity contribution in [3.05, 3.63) is 75.4 Å². The van der Waals surface area contributed by atoms with E-state index in [1.54, 1.807) is 11.0 Å². The molecule has 2 aromatic carbocycles. The predicted molar refractivity (Wildman–Crippen MR) is 175 cm³/mol. The van der Waals surface area contributed by atoms with Crippen LogP contribution in [0.4, 0.5) is 0 Å². The average Bonchev–Trinajstić information content (AvgIpc) is 3.00. The minimum absolute atomic E-state index is 0.0316. The Labute approximate surface area is 264 Å². The highest BCUT2D eigenvalue weighted by Crippen LogP contribution is 2.31. The summed E-state index contributed by atoms with van der Waals surface area (Å²) in [7, 11) is 0. The van der Waals surface area contributed by atoms with Crippen LogP contribution in [-0.4, -0.2) is 58.3 Å². The van der Waals surface area contributed by atoms with Crippen molar-refractivity contribution in [1.29, 1.82) is 0 Å². The van der Waals surface area contributed by atoms with Crippen LogP contribution in [-0.2, 0) is 16.1 Å². The molecule has 3 rings (SSSR count). The molecule has 2 amide bonds.